The molecule has 1 saturated heterocycles. The van der Waals surface area contributed by atoms with E-state index in [0.717, 1.165) is 29.9 Å². The molecule has 0 spiro atoms. The molecule has 5 rings (SSSR count). The molecule has 0 unspecified atom stereocenters. The number of nitrogens with one attached hydrogen (secondary N) is 1. The van der Waals surface area contributed by atoms with Gasteiger partial charge < -0.3 is 19.5 Å². The lowest BCUT2D eigenvalue weighted by atomic mass is 10.1. The number of amides is 2. The Bertz CT molecular complexity index is 1420. The molecular formula is C29H25Cl2N3O3. The van der Waals surface area contributed by atoms with Crippen LogP contribution >= 0.6 is 23.2 Å². The summed E-state index contributed by atoms with van der Waals surface area (Å²) < 4.78 is 5.73. The summed E-state index contributed by atoms with van der Waals surface area (Å²) in [6.07, 6.45) is 0. The Kier molecular flexibility index (Phi) is 7.22. The molecule has 1 aliphatic heterocycles. The second-order valence-electron chi connectivity index (χ2n) is 8.93. The van der Waals surface area contributed by atoms with Crippen molar-refractivity contribution in [2.45, 2.75) is 6.92 Å². The van der Waals surface area contributed by atoms with E-state index in [1.54, 1.807) is 30.3 Å². The molecule has 3 aromatic carbocycles. The first-order valence-corrected chi connectivity index (χ1v) is 12.7. The van der Waals surface area contributed by atoms with Crippen molar-refractivity contribution in [3.05, 3.63) is 106 Å². The van der Waals surface area contributed by atoms with E-state index >= 15 is 0 Å². The van der Waals surface area contributed by atoms with Crippen LogP contribution in [0.1, 0.15) is 26.5 Å². The van der Waals surface area contributed by atoms with E-state index in [1.165, 1.54) is 0 Å². The molecule has 0 radical (unpaired) electrons. The van der Waals surface area contributed by atoms with Crippen molar-refractivity contribution in [3.63, 3.8) is 0 Å². The van der Waals surface area contributed by atoms with Gasteiger partial charge in [0.1, 0.15) is 5.76 Å². The van der Waals surface area contributed by atoms with Crippen molar-refractivity contribution in [1.29, 1.82) is 0 Å². The highest BCUT2D eigenvalue weighted by Crippen LogP contribution is 2.32. The Morgan fingerprint density at radius 2 is 1.54 bits per heavy atom. The SMILES string of the molecule is Cc1ccc(C(=O)N2CCN(c3ccc(NC(=O)c4ccc(-c5cc(Cl)ccc5Cl)o4)cc3)CC2)cc1. The maximum absolute atomic E-state index is 12.8. The van der Waals surface area contributed by atoms with Crippen LogP contribution in [0.4, 0.5) is 11.4 Å². The molecule has 37 heavy (non-hydrogen) atoms. The third kappa shape index (κ3) is 5.66. The highest BCUT2D eigenvalue weighted by Gasteiger charge is 2.22. The van der Waals surface area contributed by atoms with Crippen LogP contribution in [0.15, 0.2) is 83.3 Å². The Balaban J connectivity index is 1.17. The normalized spacial score (nSPS) is 13.5. The number of anilines is 2. The average Bonchev–Trinajstić information content (AvgIpc) is 3.41. The first-order valence-electron chi connectivity index (χ1n) is 11.9. The molecule has 1 aromatic heterocycles. The fourth-order valence-corrected chi connectivity index (χ4v) is 4.67. The monoisotopic (exact) mass is 533 g/mol. The van der Waals surface area contributed by atoms with Crippen LogP contribution in [0.5, 0.6) is 0 Å². The second-order valence-corrected chi connectivity index (χ2v) is 9.78. The zero-order chi connectivity index (χ0) is 25.9. The quantitative estimate of drug-likeness (QED) is 0.307. The largest absolute Gasteiger partial charge is 0.451 e. The molecule has 2 amide bonds. The van der Waals surface area contributed by atoms with E-state index < -0.39 is 0 Å². The number of halogens is 2. The summed E-state index contributed by atoms with van der Waals surface area (Å²) in [5.41, 5.74) is 4.17. The highest BCUT2D eigenvalue weighted by atomic mass is 35.5. The molecule has 4 aromatic rings. The van der Waals surface area contributed by atoms with Gasteiger partial charge in [0.25, 0.3) is 11.8 Å². The minimum Gasteiger partial charge on any atom is -0.451 e. The lowest BCUT2D eigenvalue weighted by molar-refractivity contribution is 0.0746. The smallest absolute Gasteiger partial charge is 0.291 e. The maximum Gasteiger partial charge on any atom is 0.291 e. The van der Waals surface area contributed by atoms with Crippen LogP contribution in [0.25, 0.3) is 11.3 Å². The van der Waals surface area contributed by atoms with E-state index in [9.17, 15) is 9.59 Å². The fourth-order valence-electron chi connectivity index (χ4n) is 4.29. The Hall–Kier alpha value is -3.74. The maximum atomic E-state index is 12.8. The van der Waals surface area contributed by atoms with Crippen LogP contribution in [0.2, 0.25) is 10.0 Å². The number of carbonyl (C=O) groups is 2. The number of hydrogen-bond acceptors (Lipinski definition) is 4. The second kappa shape index (κ2) is 10.7. The zero-order valence-corrected chi connectivity index (χ0v) is 21.7. The van der Waals surface area contributed by atoms with Gasteiger partial charge in [0.2, 0.25) is 0 Å². The minimum absolute atomic E-state index is 0.0661. The van der Waals surface area contributed by atoms with Gasteiger partial charge in [-0.25, -0.2) is 0 Å². The third-order valence-corrected chi connectivity index (χ3v) is 6.94. The number of piperazine rings is 1. The predicted molar refractivity (Wildman–Crippen MR) is 148 cm³/mol. The summed E-state index contributed by atoms with van der Waals surface area (Å²) in [7, 11) is 0. The number of hydrogen-bond donors (Lipinski definition) is 1. The Morgan fingerprint density at radius 3 is 2.24 bits per heavy atom. The van der Waals surface area contributed by atoms with Crippen molar-refractivity contribution in [2.24, 2.45) is 0 Å². The standard InChI is InChI=1S/C29H25Cl2N3O3/c1-19-2-4-20(5-3-19)29(36)34-16-14-33(15-17-34)23-9-7-22(8-10-23)32-28(35)27-13-12-26(37-27)24-18-21(30)6-11-25(24)31/h2-13,18H,14-17H2,1H3,(H,32,35). The Labute approximate surface area is 225 Å². The van der Waals surface area contributed by atoms with E-state index in [-0.39, 0.29) is 17.6 Å². The molecule has 1 N–H and O–H groups in total. The van der Waals surface area contributed by atoms with Crippen molar-refractivity contribution < 1.29 is 14.0 Å². The minimum atomic E-state index is -0.361. The number of benzene rings is 3. The molecule has 0 aliphatic carbocycles. The van der Waals surface area contributed by atoms with Gasteiger partial charge in [0, 0.05) is 53.7 Å². The molecule has 188 valence electrons. The van der Waals surface area contributed by atoms with Gasteiger partial charge in [0.05, 0.1) is 5.02 Å². The molecular weight excluding hydrogens is 509 g/mol. The molecule has 2 heterocycles. The Morgan fingerprint density at radius 1 is 0.838 bits per heavy atom. The molecule has 0 bridgehead atoms. The molecule has 8 heteroatoms. The van der Waals surface area contributed by atoms with Crippen molar-refractivity contribution >= 4 is 46.4 Å². The summed E-state index contributed by atoms with van der Waals surface area (Å²) >= 11 is 12.3. The predicted octanol–water partition coefficient (Wildman–Crippen LogP) is 6.78. The third-order valence-electron chi connectivity index (χ3n) is 6.38. The van der Waals surface area contributed by atoms with Crippen LogP contribution in [-0.4, -0.2) is 42.9 Å². The van der Waals surface area contributed by atoms with E-state index in [2.05, 4.69) is 10.2 Å². The van der Waals surface area contributed by atoms with Gasteiger partial charge >= 0.3 is 0 Å². The first kappa shape index (κ1) is 24.9. The number of furan rings is 1. The zero-order valence-electron chi connectivity index (χ0n) is 20.2. The summed E-state index contributed by atoms with van der Waals surface area (Å²) in [5.74, 6) is 0.342. The topological polar surface area (TPSA) is 65.8 Å². The van der Waals surface area contributed by atoms with Crippen LogP contribution in [0.3, 0.4) is 0 Å². The van der Waals surface area contributed by atoms with Gasteiger partial charge in [0.15, 0.2) is 5.76 Å². The van der Waals surface area contributed by atoms with Crippen LogP contribution in [0, 0.1) is 6.92 Å². The van der Waals surface area contributed by atoms with E-state index in [0.29, 0.717) is 40.1 Å². The van der Waals surface area contributed by atoms with E-state index in [4.69, 9.17) is 27.6 Å². The van der Waals surface area contributed by atoms with E-state index in [1.807, 2.05) is 60.4 Å². The summed E-state index contributed by atoms with van der Waals surface area (Å²) in [5, 5.41) is 3.88. The highest BCUT2D eigenvalue weighted by molar-refractivity contribution is 6.35. The van der Waals surface area contributed by atoms with Gasteiger partial charge in [-0.05, 0) is 73.7 Å². The summed E-state index contributed by atoms with van der Waals surface area (Å²) in [6.45, 7) is 4.80. The average molecular weight is 534 g/mol. The van der Waals surface area contributed by atoms with Crippen molar-refractivity contribution in [1.82, 2.24) is 4.90 Å². The van der Waals surface area contributed by atoms with Crippen molar-refractivity contribution in [3.8, 4) is 11.3 Å². The van der Waals surface area contributed by atoms with Crippen LogP contribution in [-0.2, 0) is 0 Å². The summed E-state index contributed by atoms with van der Waals surface area (Å²) in [4.78, 5) is 29.6. The number of nitrogens with zero attached hydrogens (tertiary/aromatic N) is 2. The number of carbonyl (C=O) groups excluding carboxylic acids is 2. The number of aryl methyl sites for hydroxylation is 1. The summed E-state index contributed by atoms with van der Waals surface area (Å²) in [6, 6.07) is 23.7. The molecule has 0 atom stereocenters. The molecule has 6 nitrogen and oxygen atoms in total. The van der Waals surface area contributed by atoms with Crippen LogP contribution < -0.4 is 10.2 Å². The molecule has 1 aliphatic rings. The van der Waals surface area contributed by atoms with Gasteiger partial charge in [-0.3, -0.25) is 9.59 Å². The first-order chi connectivity index (χ1) is 17.9. The lowest BCUT2D eigenvalue weighted by Crippen LogP contribution is -2.48. The van der Waals surface area contributed by atoms with Gasteiger partial charge in [-0.1, -0.05) is 40.9 Å². The number of rotatable bonds is 5. The van der Waals surface area contributed by atoms with Gasteiger partial charge in [-0.2, -0.15) is 0 Å². The molecule has 0 saturated carbocycles. The fraction of sp³-hybridized carbons (Fsp3) is 0.172. The molecule has 1 fully saturated rings. The van der Waals surface area contributed by atoms with Gasteiger partial charge in [-0.15, -0.1) is 0 Å². The van der Waals surface area contributed by atoms with Crippen molar-refractivity contribution in [2.75, 3.05) is 36.4 Å². The lowest BCUT2D eigenvalue weighted by Gasteiger charge is -2.36.